The molecule has 0 bridgehead atoms. The van der Waals surface area contributed by atoms with E-state index in [0.29, 0.717) is 17.7 Å². The lowest BCUT2D eigenvalue weighted by Gasteiger charge is -2.29. The van der Waals surface area contributed by atoms with Gasteiger partial charge in [-0.25, -0.2) is 0 Å². The van der Waals surface area contributed by atoms with Gasteiger partial charge in [0, 0.05) is 6.04 Å². The molecule has 1 amide bonds. The lowest BCUT2D eigenvalue weighted by atomic mass is 9.86. The Hall–Kier alpha value is -0.270. The molecular formula is C12H19N3OS3. The third-order valence-electron chi connectivity index (χ3n) is 3.35. The first-order valence-corrected chi connectivity index (χ1v) is 9.51. The normalized spacial score (nSPS) is 23.3. The van der Waals surface area contributed by atoms with Crippen molar-refractivity contribution in [3.63, 3.8) is 0 Å². The molecule has 1 aromatic heterocycles. The minimum absolute atomic E-state index is 0.115. The van der Waals surface area contributed by atoms with Gasteiger partial charge in [0.25, 0.3) is 0 Å². The van der Waals surface area contributed by atoms with Gasteiger partial charge in [-0.2, -0.15) is 0 Å². The van der Waals surface area contributed by atoms with E-state index in [0.717, 1.165) is 15.1 Å². The van der Waals surface area contributed by atoms with Crippen LogP contribution in [0.15, 0.2) is 8.68 Å². The lowest BCUT2D eigenvalue weighted by Crippen LogP contribution is -2.41. The van der Waals surface area contributed by atoms with Crippen LogP contribution < -0.4 is 5.32 Å². The Morgan fingerprint density at radius 1 is 1.37 bits per heavy atom. The largest absolute Gasteiger partial charge is 0.352 e. The van der Waals surface area contributed by atoms with Crippen LogP contribution in [0.1, 0.15) is 32.6 Å². The van der Waals surface area contributed by atoms with Crippen molar-refractivity contribution in [3.05, 3.63) is 0 Å². The van der Waals surface area contributed by atoms with Gasteiger partial charge in [0.15, 0.2) is 8.68 Å². The fourth-order valence-electron chi connectivity index (χ4n) is 2.24. The Labute approximate surface area is 126 Å². The number of aromatic nitrogens is 2. The molecule has 0 saturated heterocycles. The van der Waals surface area contributed by atoms with E-state index in [4.69, 9.17) is 0 Å². The second-order valence-electron chi connectivity index (χ2n) is 4.76. The second-order valence-corrected chi connectivity index (χ2v) is 8.02. The molecule has 7 heteroatoms. The zero-order valence-corrected chi connectivity index (χ0v) is 13.7. The summed E-state index contributed by atoms with van der Waals surface area (Å²) in [7, 11) is 0. The van der Waals surface area contributed by atoms with Gasteiger partial charge in [-0.1, -0.05) is 54.6 Å². The third kappa shape index (κ3) is 4.65. The standard InChI is InChI=1S/C12H19N3OS3/c1-8-5-3-4-6-9(8)13-10(16)7-18-12-15-14-11(17-2)19-12/h8-9H,3-7H2,1-2H3,(H,13,16). The van der Waals surface area contributed by atoms with Gasteiger partial charge in [0.1, 0.15) is 0 Å². The van der Waals surface area contributed by atoms with Crippen molar-refractivity contribution in [3.8, 4) is 0 Å². The number of nitrogens with zero attached hydrogens (tertiary/aromatic N) is 2. The number of nitrogens with one attached hydrogen (secondary N) is 1. The summed E-state index contributed by atoms with van der Waals surface area (Å²) in [6.07, 6.45) is 6.85. The van der Waals surface area contributed by atoms with Crippen molar-refractivity contribution < 1.29 is 4.79 Å². The van der Waals surface area contributed by atoms with Crippen LogP contribution in [-0.4, -0.2) is 34.2 Å². The molecule has 106 valence electrons. The SMILES string of the molecule is CSc1nnc(SCC(=O)NC2CCCCC2C)s1. The maximum atomic E-state index is 11.9. The number of hydrogen-bond donors (Lipinski definition) is 1. The number of rotatable bonds is 5. The van der Waals surface area contributed by atoms with E-state index in [1.54, 1.807) is 23.1 Å². The topological polar surface area (TPSA) is 54.9 Å². The van der Waals surface area contributed by atoms with Gasteiger partial charge >= 0.3 is 0 Å². The van der Waals surface area contributed by atoms with E-state index in [-0.39, 0.29) is 5.91 Å². The Morgan fingerprint density at radius 3 is 2.79 bits per heavy atom. The van der Waals surface area contributed by atoms with E-state index in [1.165, 1.54) is 31.0 Å². The summed E-state index contributed by atoms with van der Waals surface area (Å²) in [5.74, 6) is 1.16. The maximum absolute atomic E-state index is 11.9. The first-order chi connectivity index (χ1) is 9.19. The summed E-state index contributed by atoms with van der Waals surface area (Å²) in [6, 6.07) is 0.359. The van der Waals surface area contributed by atoms with E-state index in [9.17, 15) is 4.79 Å². The van der Waals surface area contributed by atoms with Crippen molar-refractivity contribution in [2.45, 2.75) is 47.3 Å². The van der Waals surface area contributed by atoms with Crippen molar-refractivity contribution in [2.24, 2.45) is 5.92 Å². The van der Waals surface area contributed by atoms with Crippen molar-refractivity contribution in [1.82, 2.24) is 15.5 Å². The van der Waals surface area contributed by atoms with Crippen molar-refractivity contribution in [2.75, 3.05) is 12.0 Å². The predicted octanol–water partition coefficient (Wildman–Crippen LogP) is 3.05. The maximum Gasteiger partial charge on any atom is 0.230 e. The van der Waals surface area contributed by atoms with Gasteiger partial charge in [-0.05, 0) is 25.0 Å². The zero-order chi connectivity index (χ0) is 13.7. The van der Waals surface area contributed by atoms with E-state index < -0.39 is 0 Å². The summed E-state index contributed by atoms with van der Waals surface area (Å²) in [5, 5.41) is 11.2. The molecule has 1 fully saturated rings. The summed E-state index contributed by atoms with van der Waals surface area (Å²) in [5.41, 5.74) is 0. The number of carbonyl (C=O) groups excluding carboxylic acids is 1. The molecule has 0 aliphatic heterocycles. The molecule has 2 unspecified atom stereocenters. The van der Waals surface area contributed by atoms with Gasteiger partial charge in [0.2, 0.25) is 5.91 Å². The molecule has 2 rings (SSSR count). The average Bonchev–Trinajstić information content (AvgIpc) is 2.87. The highest BCUT2D eigenvalue weighted by Gasteiger charge is 2.22. The molecule has 0 radical (unpaired) electrons. The summed E-state index contributed by atoms with van der Waals surface area (Å²) in [6.45, 7) is 2.23. The Bertz CT molecular complexity index is 424. The lowest BCUT2D eigenvalue weighted by molar-refractivity contribution is -0.119. The highest BCUT2D eigenvalue weighted by molar-refractivity contribution is 8.03. The molecule has 2 atom stereocenters. The summed E-state index contributed by atoms with van der Waals surface area (Å²) >= 11 is 4.60. The molecule has 1 heterocycles. The predicted molar refractivity (Wildman–Crippen MR) is 82.0 cm³/mol. The highest BCUT2D eigenvalue weighted by atomic mass is 32.2. The molecule has 19 heavy (non-hydrogen) atoms. The average molecular weight is 318 g/mol. The monoisotopic (exact) mass is 317 g/mol. The molecule has 1 saturated carbocycles. The van der Waals surface area contributed by atoms with Gasteiger partial charge < -0.3 is 5.32 Å². The first-order valence-electron chi connectivity index (χ1n) is 6.48. The summed E-state index contributed by atoms with van der Waals surface area (Å²) < 4.78 is 1.82. The molecular weight excluding hydrogens is 298 g/mol. The van der Waals surface area contributed by atoms with Crippen LogP contribution in [-0.2, 0) is 4.79 Å². The molecule has 1 N–H and O–H groups in total. The van der Waals surface area contributed by atoms with Crippen LogP contribution in [0.25, 0.3) is 0 Å². The Morgan fingerprint density at radius 2 is 2.11 bits per heavy atom. The van der Waals surface area contributed by atoms with Gasteiger partial charge in [-0.3, -0.25) is 4.79 Å². The molecule has 1 aliphatic rings. The fraction of sp³-hybridized carbons (Fsp3) is 0.750. The van der Waals surface area contributed by atoms with Gasteiger partial charge in [-0.15, -0.1) is 10.2 Å². The quantitative estimate of drug-likeness (QED) is 0.846. The number of carbonyl (C=O) groups is 1. The first kappa shape index (κ1) is 15.1. The van der Waals surface area contributed by atoms with Crippen LogP contribution in [0.5, 0.6) is 0 Å². The molecule has 4 nitrogen and oxygen atoms in total. The third-order valence-corrected chi connectivity index (χ3v) is 6.38. The smallest absolute Gasteiger partial charge is 0.230 e. The van der Waals surface area contributed by atoms with E-state index >= 15 is 0 Å². The zero-order valence-electron chi connectivity index (χ0n) is 11.2. The number of hydrogen-bond acceptors (Lipinski definition) is 6. The Kier molecular flexibility index (Phi) is 5.97. The highest BCUT2D eigenvalue weighted by Crippen LogP contribution is 2.27. The Balaban J connectivity index is 1.74. The van der Waals surface area contributed by atoms with Crippen molar-refractivity contribution in [1.29, 1.82) is 0 Å². The minimum Gasteiger partial charge on any atom is -0.352 e. The molecule has 0 spiro atoms. The summed E-state index contributed by atoms with van der Waals surface area (Å²) in [4.78, 5) is 11.9. The van der Waals surface area contributed by atoms with Gasteiger partial charge in [0.05, 0.1) is 5.75 Å². The van der Waals surface area contributed by atoms with Crippen LogP contribution in [0.2, 0.25) is 0 Å². The fourth-order valence-corrected chi connectivity index (χ4v) is 4.49. The van der Waals surface area contributed by atoms with Crippen LogP contribution in [0, 0.1) is 5.92 Å². The van der Waals surface area contributed by atoms with E-state index in [1.807, 2.05) is 6.26 Å². The van der Waals surface area contributed by atoms with Crippen LogP contribution in [0.3, 0.4) is 0 Å². The van der Waals surface area contributed by atoms with E-state index in [2.05, 4.69) is 22.4 Å². The van der Waals surface area contributed by atoms with Crippen LogP contribution in [0.4, 0.5) is 0 Å². The second kappa shape index (κ2) is 7.50. The molecule has 1 aromatic rings. The van der Waals surface area contributed by atoms with Crippen LogP contribution >= 0.6 is 34.9 Å². The molecule has 1 aliphatic carbocycles. The molecule has 0 aromatic carbocycles. The van der Waals surface area contributed by atoms with Crippen molar-refractivity contribution >= 4 is 40.8 Å². The number of thioether (sulfide) groups is 2. The minimum atomic E-state index is 0.115. The number of amides is 1.